The highest BCUT2D eigenvalue weighted by Gasteiger charge is 2.28. The van der Waals surface area contributed by atoms with Crippen LogP contribution >= 0.6 is 0 Å². The lowest BCUT2D eigenvalue weighted by molar-refractivity contribution is 0.113. The zero-order chi connectivity index (χ0) is 21.8. The molecule has 1 amide bonds. The monoisotopic (exact) mass is 423 g/mol. The number of alkyl carbamates (subject to hydrolysis) is 1. The Morgan fingerprint density at radius 3 is 2.13 bits per heavy atom. The average Bonchev–Trinajstić information content (AvgIpc) is 3.27. The van der Waals surface area contributed by atoms with Crippen LogP contribution in [0.5, 0.6) is 11.8 Å². The van der Waals surface area contributed by atoms with E-state index in [4.69, 9.17) is 19.7 Å². The lowest BCUT2D eigenvalue weighted by Crippen LogP contribution is -2.31. The van der Waals surface area contributed by atoms with Crippen LogP contribution in [-0.2, 0) is 9.47 Å². The van der Waals surface area contributed by atoms with Gasteiger partial charge in [-0.05, 0) is 22.3 Å². The van der Waals surface area contributed by atoms with Gasteiger partial charge >= 0.3 is 12.2 Å². The van der Waals surface area contributed by atoms with Gasteiger partial charge in [0.05, 0.1) is 6.54 Å². The van der Waals surface area contributed by atoms with Gasteiger partial charge in [0.15, 0.2) is 0 Å². The second-order valence-corrected chi connectivity index (χ2v) is 6.82. The predicted molar refractivity (Wildman–Crippen MR) is 111 cm³/mol. The molecule has 0 spiro atoms. The highest BCUT2D eigenvalue weighted by molar-refractivity contribution is 5.79. The van der Waals surface area contributed by atoms with Crippen LogP contribution in [0.4, 0.5) is 4.79 Å². The average molecular weight is 423 g/mol. The molecule has 4 rings (SSSR count). The summed E-state index contributed by atoms with van der Waals surface area (Å²) in [6, 6.07) is 18.5. The van der Waals surface area contributed by atoms with Gasteiger partial charge in [0.25, 0.3) is 0 Å². The molecule has 9 heteroatoms. The topological polar surface area (TPSA) is 126 Å². The highest BCUT2D eigenvalue weighted by atomic mass is 16.8. The lowest BCUT2D eigenvalue weighted by atomic mass is 9.98. The maximum Gasteiger partial charge on any atom is 0.407 e. The lowest BCUT2D eigenvalue weighted by Gasteiger charge is -2.15. The van der Waals surface area contributed by atoms with Crippen molar-refractivity contribution in [1.29, 1.82) is 5.41 Å². The number of carbonyl (C=O) groups is 1. The van der Waals surface area contributed by atoms with E-state index >= 15 is 0 Å². The first-order valence-electron chi connectivity index (χ1n) is 9.63. The van der Waals surface area contributed by atoms with E-state index in [0.29, 0.717) is 4.73 Å². The summed E-state index contributed by atoms with van der Waals surface area (Å²) in [6.07, 6.45) is -1.25. The zero-order valence-electron chi connectivity index (χ0n) is 16.4. The Balaban J connectivity index is 1.23. The van der Waals surface area contributed by atoms with Crippen molar-refractivity contribution in [3.63, 3.8) is 0 Å². The number of aromatic hydroxyl groups is 2. The van der Waals surface area contributed by atoms with Gasteiger partial charge in [-0.3, -0.25) is 0 Å². The third-order valence-electron chi connectivity index (χ3n) is 4.92. The van der Waals surface area contributed by atoms with E-state index < -0.39 is 12.2 Å². The molecule has 0 saturated carbocycles. The van der Waals surface area contributed by atoms with Crippen molar-refractivity contribution >= 4 is 12.2 Å². The molecule has 0 radical (unpaired) electrons. The van der Waals surface area contributed by atoms with E-state index in [-0.39, 0.29) is 37.4 Å². The first kappa shape index (κ1) is 20.1. The Bertz CT molecular complexity index is 1050. The number of nitrogens with zero attached hydrogens (tertiary/aromatic N) is 1. The van der Waals surface area contributed by atoms with E-state index in [1.165, 1.54) is 12.1 Å². The van der Waals surface area contributed by atoms with E-state index in [1.807, 2.05) is 36.4 Å². The summed E-state index contributed by atoms with van der Waals surface area (Å²) in [7, 11) is 0. The van der Waals surface area contributed by atoms with Crippen LogP contribution < -0.4 is 10.2 Å². The number of carbonyl (C=O) groups excluding carboxylic acids is 1. The maximum atomic E-state index is 12.1. The second kappa shape index (κ2) is 8.70. The SMILES string of the molecule is N=C(OCCNC(=O)OCC1c2ccccc2-c2ccccc21)On1c(O)ccc1O. The third-order valence-corrected chi connectivity index (χ3v) is 4.92. The van der Waals surface area contributed by atoms with Gasteiger partial charge in [0, 0.05) is 18.1 Å². The van der Waals surface area contributed by atoms with Crippen molar-refractivity contribution in [2.24, 2.45) is 0 Å². The van der Waals surface area contributed by atoms with Crippen LogP contribution in [0.2, 0.25) is 0 Å². The molecule has 0 fully saturated rings. The van der Waals surface area contributed by atoms with Gasteiger partial charge in [-0.25, -0.2) is 10.2 Å². The van der Waals surface area contributed by atoms with Crippen LogP contribution in [0, 0.1) is 5.41 Å². The molecule has 1 heterocycles. The fraction of sp³-hybridized carbons (Fsp3) is 0.182. The van der Waals surface area contributed by atoms with Crippen LogP contribution in [0.15, 0.2) is 60.7 Å². The second-order valence-electron chi connectivity index (χ2n) is 6.82. The summed E-state index contributed by atoms with van der Waals surface area (Å²) in [5.41, 5.74) is 4.56. The molecule has 9 nitrogen and oxygen atoms in total. The molecular weight excluding hydrogens is 402 g/mol. The number of benzene rings is 2. The smallest absolute Gasteiger partial charge is 0.407 e. The Labute approximate surface area is 177 Å². The molecule has 4 N–H and O–H groups in total. The van der Waals surface area contributed by atoms with Crippen molar-refractivity contribution in [2.45, 2.75) is 5.92 Å². The first-order chi connectivity index (χ1) is 15.0. The van der Waals surface area contributed by atoms with Crippen LogP contribution in [0.3, 0.4) is 0 Å². The van der Waals surface area contributed by atoms with Crippen LogP contribution in [0.25, 0.3) is 11.1 Å². The number of rotatable bonds is 6. The number of hydrogen-bond acceptors (Lipinski definition) is 7. The molecule has 0 aliphatic heterocycles. The molecular formula is C22H21N3O6. The van der Waals surface area contributed by atoms with E-state index in [9.17, 15) is 15.0 Å². The quantitative estimate of drug-likeness (QED) is 0.274. The summed E-state index contributed by atoms with van der Waals surface area (Å²) in [5.74, 6) is -0.803. The molecule has 1 aliphatic carbocycles. The summed E-state index contributed by atoms with van der Waals surface area (Å²) in [5, 5.41) is 29.0. The van der Waals surface area contributed by atoms with Crippen molar-refractivity contribution < 1.29 is 29.3 Å². The Kier molecular flexibility index (Phi) is 5.65. The van der Waals surface area contributed by atoms with Gasteiger partial charge in [-0.15, -0.1) is 4.73 Å². The summed E-state index contributed by atoms with van der Waals surface area (Å²) in [4.78, 5) is 16.9. The van der Waals surface area contributed by atoms with E-state index in [0.717, 1.165) is 22.3 Å². The fourth-order valence-corrected chi connectivity index (χ4v) is 3.55. The molecule has 0 bridgehead atoms. The van der Waals surface area contributed by atoms with E-state index in [2.05, 4.69) is 17.4 Å². The highest BCUT2D eigenvalue weighted by Crippen LogP contribution is 2.44. The maximum absolute atomic E-state index is 12.1. The molecule has 1 aliphatic rings. The van der Waals surface area contributed by atoms with Crippen LogP contribution in [-0.4, -0.2) is 46.9 Å². The van der Waals surface area contributed by atoms with Crippen LogP contribution in [0.1, 0.15) is 17.0 Å². The number of aromatic nitrogens is 1. The largest absolute Gasteiger partial charge is 0.492 e. The first-order valence-corrected chi connectivity index (χ1v) is 9.63. The third kappa shape index (κ3) is 4.25. The summed E-state index contributed by atoms with van der Waals surface area (Å²) in [6.45, 7) is 0.212. The molecule has 31 heavy (non-hydrogen) atoms. The molecule has 160 valence electrons. The molecule has 2 aromatic carbocycles. The van der Waals surface area contributed by atoms with Crippen molar-refractivity contribution in [3.05, 3.63) is 71.8 Å². The molecule has 3 aromatic rings. The number of ether oxygens (including phenoxy) is 2. The minimum absolute atomic E-state index is 0.0297. The van der Waals surface area contributed by atoms with Gasteiger partial charge in [0.1, 0.15) is 13.2 Å². The van der Waals surface area contributed by atoms with Gasteiger partial charge in [0.2, 0.25) is 11.8 Å². The minimum Gasteiger partial charge on any atom is -0.492 e. The molecule has 0 unspecified atom stereocenters. The Hall–Kier alpha value is -4.14. The summed E-state index contributed by atoms with van der Waals surface area (Å²) < 4.78 is 11.0. The standard InChI is InChI=1S/C22H21N3O6/c23-21(31-25-19(26)9-10-20(25)27)29-12-11-24-22(28)30-13-18-16-7-3-1-5-14(16)15-6-2-4-8-17(15)18/h1-10,18,23,26-27H,11-13H2,(H,24,28). The normalized spacial score (nSPS) is 12.0. The van der Waals surface area contributed by atoms with Crippen molar-refractivity contribution in [2.75, 3.05) is 19.8 Å². The van der Waals surface area contributed by atoms with Gasteiger partial charge < -0.3 is 29.8 Å². The fourth-order valence-electron chi connectivity index (χ4n) is 3.55. The number of hydrogen-bond donors (Lipinski definition) is 4. The molecule has 1 aromatic heterocycles. The molecule has 0 saturated heterocycles. The molecule has 0 atom stereocenters. The predicted octanol–water partition coefficient (Wildman–Crippen LogP) is 2.82. The zero-order valence-corrected chi connectivity index (χ0v) is 16.4. The Morgan fingerprint density at radius 2 is 1.52 bits per heavy atom. The minimum atomic E-state index is -0.656. The van der Waals surface area contributed by atoms with Crippen molar-refractivity contribution in [3.8, 4) is 22.9 Å². The van der Waals surface area contributed by atoms with Crippen molar-refractivity contribution in [1.82, 2.24) is 10.0 Å². The van der Waals surface area contributed by atoms with Gasteiger partial charge in [-0.1, -0.05) is 48.5 Å². The van der Waals surface area contributed by atoms with E-state index in [1.54, 1.807) is 0 Å². The van der Waals surface area contributed by atoms with Gasteiger partial charge in [-0.2, -0.15) is 0 Å². The Morgan fingerprint density at radius 1 is 0.935 bits per heavy atom. The number of amides is 1. The number of fused-ring (bicyclic) bond motifs is 3. The summed E-state index contributed by atoms with van der Waals surface area (Å²) >= 11 is 0. The number of nitrogens with one attached hydrogen (secondary N) is 2.